The molecule has 0 spiro atoms. The Morgan fingerprint density at radius 2 is 2.25 bits per heavy atom. The molecular formula is C13H16N2O5. The molecule has 2 N–H and O–H groups in total. The molecule has 1 aromatic rings. The normalized spacial score (nSPS) is 14.1. The number of benzene rings is 1. The Labute approximate surface area is 116 Å². The van der Waals surface area contributed by atoms with Crippen LogP contribution >= 0.6 is 0 Å². The molecule has 7 heteroatoms. The summed E-state index contributed by atoms with van der Waals surface area (Å²) < 4.78 is 10.6. The van der Waals surface area contributed by atoms with Gasteiger partial charge in [-0.15, -0.1) is 0 Å². The third-order valence-corrected chi connectivity index (χ3v) is 2.97. The van der Waals surface area contributed by atoms with Gasteiger partial charge in [0.2, 0.25) is 0 Å². The van der Waals surface area contributed by atoms with Crippen molar-refractivity contribution in [3.63, 3.8) is 0 Å². The number of amides is 2. The molecule has 1 aromatic carbocycles. The van der Waals surface area contributed by atoms with Crippen LogP contribution in [0.4, 0.5) is 4.79 Å². The van der Waals surface area contributed by atoms with Crippen molar-refractivity contribution in [3.05, 3.63) is 23.8 Å². The summed E-state index contributed by atoms with van der Waals surface area (Å²) in [5, 5.41) is 11.6. The standard InChI is InChI=1S/C13H16N2O5/c1-19-10-3-2-9(12(16)17)8-11(10)20-7-6-15-5-4-14-13(15)18/h2-3,8H,4-7H2,1H3,(H,14,18)(H,16,17). The highest BCUT2D eigenvalue weighted by Gasteiger charge is 2.19. The summed E-state index contributed by atoms with van der Waals surface area (Å²) in [6, 6.07) is 4.29. The Balaban J connectivity index is 1.98. The van der Waals surface area contributed by atoms with Gasteiger partial charge in [-0.1, -0.05) is 0 Å². The molecule has 0 bridgehead atoms. The van der Waals surface area contributed by atoms with Crippen molar-refractivity contribution in [3.8, 4) is 11.5 Å². The van der Waals surface area contributed by atoms with Gasteiger partial charge in [0.1, 0.15) is 6.61 Å². The topological polar surface area (TPSA) is 88.1 Å². The van der Waals surface area contributed by atoms with E-state index < -0.39 is 5.97 Å². The van der Waals surface area contributed by atoms with E-state index >= 15 is 0 Å². The number of rotatable bonds is 6. The molecule has 0 radical (unpaired) electrons. The van der Waals surface area contributed by atoms with E-state index in [9.17, 15) is 9.59 Å². The second-order valence-corrected chi connectivity index (χ2v) is 4.24. The Bertz CT molecular complexity index is 517. The van der Waals surface area contributed by atoms with E-state index in [1.54, 1.807) is 11.0 Å². The number of nitrogens with zero attached hydrogens (tertiary/aromatic N) is 1. The molecule has 108 valence electrons. The minimum Gasteiger partial charge on any atom is -0.493 e. The predicted molar refractivity (Wildman–Crippen MR) is 70.4 cm³/mol. The lowest BCUT2D eigenvalue weighted by Gasteiger charge is -2.16. The second-order valence-electron chi connectivity index (χ2n) is 4.24. The summed E-state index contributed by atoms with van der Waals surface area (Å²) in [4.78, 5) is 23.9. The quantitative estimate of drug-likeness (QED) is 0.804. The largest absolute Gasteiger partial charge is 0.493 e. The van der Waals surface area contributed by atoms with Crippen molar-refractivity contribution in [2.75, 3.05) is 33.4 Å². The first-order chi connectivity index (χ1) is 9.61. The zero-order valence-electron chi connectivity index (χ0n) is 11.1. The van der Waals surface area contributed by atoms with Gasteiger partial charge in [-0.2, -0.15) is 0 Å². The maximum absolute atomic E-state index is 11.3. The molecule has 0 atom stereocenters. The second kappa shape index (κ2) is 6.14. The molecule has 20 heavy (non-hydrogen) atoms. The lowest BCUT2D eigenvalue weighted by Crippen LogP contribution is -2.31. The van der Waals surface area contributed by atoms with Crippen LogP contribution in [0, 0.1) is 0 Å². The molecule has 1 aliphatic heterocycles. The highest BCUT2D eigenvalue weighted by atomic mass is 16.5. The van der Waals surface area contributed by atoms with Gasteiger partial charge in [0.05, 0.1) is 19.2 Å². The van der Waals surface area contributed by atoms with Crippen LogP contribution in [0.3, 0.4) is 0 Å². The highest BCUT2D eigenvalue weighted by molar-refractivity contribution is 5.88. The van der Waals surface area contributed by atoms with Crippen LogP contribution in [0.15, 0.2) is 18.2 Å². The van der Waals surface area contributed by atoms with E-state index in [2.05, 4.69) is 5.32 Å². The van der Waals surface area contributed by atoms with Gasteiger partial charge in [-0.3, -0.25) is 0 Å². The fourth-order valence-electron chi connectivity index (χ4n) is 1.91. The number of carbonyl (C=O) groups excluding carboxylic acids is 1. The van der Waals surface area contributed by atoms with Gasteiger partial charge in [-0.25, -0.2) is 9.59 Å². The number of ether oxygens (including phenoxy) is 2. The van der Waals surface area contributed by atoms with Gasteiger partial charge in [0.15, 0.2) is 11.5 Å². The lowest BCUT2D eigenvalue weighted by molar-refractivity contribution is 0.0696. The molecule has 1 fully saturated rings. The zero-order chi connectivity index (χ0) is 14.5. The average Bonchev–Trinajstić information content (AvgIpc) is 2.84. The first-order valence-corrected chi connectivity index (χ1v) is 6.18. The number of nitrogens with one attached hydrogen (secondary N) is 1. The molecule has 2 amide bonds. The molecule has 1 aliphatic rings. The number of carbonyl (C=O) groups is 2. The van der Waals surface area contributed by atoms with Crippen molar-refractivity contribution in [2.24, 2.45) is 0 Å². The molecular weight excluding hydrogens is 264 g/mol. The Hall–Kier alpha value is -2.44. The van der Waals surface area contributed by atoms with Gasteiger partial charge >= 0.3 is 12.0 Å². The monoisotopic (exact) mass is 280 g/mol. The van der Waals surface area contributed by atoms with Crippen LogP contribution in [0.1, 0.15) is 10.4 Å². The van der Waals surface area contributed by atoms with Crippen LogP contribution in [0.25, 0.3) is 0 Å². The highest BCUT2D eigenvalue weighted by Crippen LogP contribution is 2.28. The van der Waals surface area contributed by atoms with Gasteiger partial charge in [0, 0.05) is 13.1 Å². The molecule has 0 aromatic heterocycles. The lowest BCUT2D eigenvalue weighted by atomic mass is 10.2. The van der Waals surface area contributed by atoms with E-state index in [1.165, 1.54) is 19.2 Å². The van der Waals surface area contributed by atoms with Crippen LogP contribution < -0.4 is 14.8 Å². The van der Waals surface area contributed by atoms with Crippen LogP contribution in [0.2, 0.25) is 0 Å². The number of hydrogen-bond donors (Lipinski definition) is 2. The molecule has 0 aliphatic carbocycles. The first kappa shape index (κ1) is 14.0. The summed E-state index contributed by atoms with van der Waals surface area (Å²) in [5.74, 6) is -0.218. The summed E-state index contributed by atoms with van der Waals surface area (Å²) in [6.45, 7) is 1.99. The van der Waals surface area contributed by atoms with E-state index in [0.717, 1.165) is 0 Å². The van der Waals surface area contributed by atoms with Gasteiger partial charge < -0.3 is 24.8 Å². The molecule has 7 nitrogen and oxygen atoms in total. The molecule has 0 saturated carbocycles. The van der Waals surface area contributed by atoms with Crippen molar-refractivity contribution in [2.45, 2.75) is 0 Å². The minimum atomic E-state index is -1.03. The minimum absolute atomic E-state index is 0.111. The van der Waals surface area contributed by atoms with Crippen molar-refractivity contribution in [1.82, 2.24) is 10.2 Å². The third-order valence-electron chi connectivity index (χ3n) is 2.97. The average molecular weight is 280 g/mol. The maximum atomic E-state index is 11.3. The summed E-state index contributed by atoms with van der Waals surface area (Å²) in [6.07, 6.45) is 0. The number of carboxylic acids is 1. The zero-order valence-corrected chi connectivity index (χ0v) is 11.1. The number of urea groups is 1. The number of carboxylic acid groups (broad SMARTS) is 1. The Morgan fingerprint density at radius 3 is 2.85 bits per heavy atom. The molecule has 2 rings (SSSR count). The summed E-state index contributed by atoms with van der Waals surface area (Å²) >= 11 is 0. The third kappa shape index (κ3) is 3.11. The molecule has 1 saturated heterocycles. The van der Waals surface area contributed by atoms with Crippen molar-refractivity contribution >= 4 is 12.0 Å². The Kier molecular flexibility index (Phi) is 4.29. The predicted octanol–water partition coefficient (Wildman–Crippen LogP) is 0.797. The van der Waals surface area contributed by atoms with Gasteiger partial charge in [0.25, 0.3) is 0 Å². The van der Waals surface area contributed by atoms with Crippen molar-refractivity contribution < 1.29 is 24.2 Å². The van der Waals surface area contributed by atoms with Crippen LogP contribution in [-0.2, 0) is 0 Å². The van der Waals surface area contributed by atoms with E-state index in [-0.39, 0.29) is 18.2 Å². The number of hydrogen-bond acceptors (Lipinski definition) is 4. The molecule has 0 unspecified atom stereocenters. The van der Waals surface area contributed by atoms with Crippen LogP contribution in [0.5, 0.6) is 11.5 Å². The first-order valence-electron chi connectivity index (χ1n) is 6.18. The fourth-order valence-corrected chi connectivity index (χ4v) is 1.91. The van der Waals surface area contributed by atoms with E-state index in [4.69, 9.17) is 14.6 Å². The number of methoxy groups -OCH3 is 1. The van der Waals surface area contributed by atoms with Crippen LogP contribution in [-0.4, -0.2) is 55.4 Å². The smallest absolute Gasteiger partial charge is 0.335 e. The molecule has 1 heterocycles. The maximum Gasteiger partial charge on any atom is 0.335 e. The SMILES string of the molecule is COc1ccc(C(=O)O)cc1OCCN1CCNC1=O. The summed E-state index contributed by atoms with van der Waals surface area (Å²) in [7, 11) is 1.48. The summed E-state index contributed by atoms with van der Waals surface area (Å²) in [5.41, 5.74) is 0.125. The van der Waals surface area contributed by atoms with E-state index in [0.29, 0.717) is 31.1 Å². The van der Waals surface area contributed by atoms with Gasteiger partial charge in [-0.05, 0) is 18.2 Å². The van der Waals surface area contributed by atoms with Crippen molar-refractivity contribution in [1.29, 1.82) is 0 Å². The number of aromatic carboxylic acids is 1. The van der Waals surface area contributed by atoms with E-state index in [1.807, 2.05) is 0 Å². The fraction of sp³-hybridized carbons (Fsp3) is 0.385. The Morgan fingerprint density at radius 1 is 1.45 bits per heavy atom.